The zero-order valence-corrected chi connectivity index (χ0v) is 26.2. The van der Waals surface area contributed by atoms with E-state index in [0.29, 0.717) is 42.9 Å². The van der Waals surface area contributed by atoms with Crippen molar-refractivity contribution in [3.63, 3.8) is 0 Å². The van der Waals surface area contributed by atoms with E-state index < -0.39 is 21.9 Å². The van der Waals surface area contributed by atoms with Crippen LogP contribution in [0, 0.1) is 12.8 Å². The predicted molar refractivity (Wildman–Crippen MR) is 171 cm³/mol. The number of hydrogen-bond donors (Lipinski definition) is 2. The molecule has 1 aliphatic heterocycles. The Bertz CT molecular complexity index is 1870. The minimum atomic E-state index is -4.32. The average Bonchev–Trinajstić information content (AvgIpc) is 3.67. The highest BCUT2D eigenvalue weighted by molar-refractivity contribution is 7.85. The molecule has 12 heteroatoms. The van der Waals surface area contributed by atoms with Gasteiger partial charge in [0.15, 0.2) is 0 Å². The maximum absolute atomic E-state index is 13.4. The Labute approximate surface area is 266 Å². The molecule has 0 radical (unpaired) electrons. The summed E-state index contributed by atoms with van der Waals surface area (Å²) in [6, 6.07) is 18.4. The molecule has 0 unspecified atom stereocenters. The summed E-state index contributed by atoms with van der Waals surface area (Å²) >= 11 is 6.19. The number of carbonyl (C=O) groups excluding carboxylic acids is 2. The number of nitrogens with zero attached hydrogens (tertiary/aromatic N) is 3. The Balaban J connectivity index is 1.13. The SMILES string of the molecule is Cc1c(Cl)cccc1OCCCC(=O)N1C[C@H]2C[C@H]2c2c(-c3cnn(Cc4cccc(C(=O)NCS(=O)(=O)O)c4)c3)cccc21. The Morgan fingerprint density at radius 1 is 1.13 bits per heavy atom. The molecule has 1 aromatic heterocycles. The van der Waals surface area contributed by atoms with Gasteiger partial charge in [-0.2, -0.15) is 13.5 Å². The second kappa shape index (κ2) is 12.7. The monoisotopic (exact) mass is 648 g/mol. The van der Waals surface area contributed by atoms with Crippen molar-refractivity contribution < 1.29 is 27.3 Å². The topological polar surface area (TPSA) is 131 Å². The highest BCUT2D eigenvalue weighted by Gasteiger charge is 2.47. The summed E-state index contributed by atoms with van der Waals surface area (Å²) in [4.78, 5) is 27.7. The minimum Gasteiger partial charge on any atom is -0.493 e. The first kappa shape index (κ1) is 30.8. The molecule has 4 aromatic rings. The summed E-state index contributed by atoms with van der Waals surface area (Å²) < 4.78 is 38.5. The standard InChI is InChI=1S/C33H33ClN4O6S/c1-21-28(34)9-4-11-30(21)44-13-5-12-31(39)38-19-24-15-27(24)32-26(8-3-10-29(32)38)25-16-36-37(18-25)17-22-6-2-7-23(14-22)33(40)35-20-45(41,42)43/h2-4,6-11,14,16,18,24,27H,5,12-13,15,17,19-20H2,1H3,(H,35,40)(H,41,42,43)/t24-,27-/m1/s1. The van der Waals surface area contributed by atoms with Gasteiger partial charge in [-0.25, -0.2) is 0 Å². The number of benzene rings is 3. The molecule has 1 saturated carbocycles. The summed E-state index contributed by atoms with van der Waals surface area (Å²) in [7, 11) is -4.32. The zero-order valence-electron chi connectivity index (χ0n) is 24.6. The van der Waals surface area contributed by atoms with Gasteiger partial charge in [0.2, 0.25) is 5.91 Å². The Kier molecular flexibility index (Phi) is 8.67. The van der Waals surface area contributed by atoms with Gasteiger partial charge in [0.25, 0.3) is 16.0 Å². The number of ether oxygens (including phenoxy) is 1. The van der Waals surface area contributed by atoms with Crippen molar-refractivity contribution in [2.75, 3.05) is 23.9 Å². The van der Waals surface area contributed by atoms with E-state index in [9.17, 15) is 18.0 Å². The normalized spacial score (nSPS) is 16.9. The molecule has 3 aromatic carbocycles. The third-order valence-electron chi connectivity index (χ3n) is 8.29. The molecule has 10 nitrogen and oxygen atoms in total. The number of aromatic nitrogens is 2. The summed E-state index contributed by atoms with van der Waals surface area (Å²) in [5, 5.41) is 7.41. The highest BCUT2D eigenvalue weighted by atomic mass is 35.5. The van der Waals surface area contributed by atoms with E-state index in [1.54, 1.807) is 22.9 Å². The van der Waals surface area contributed by atoms with Crippen molar-refractivity contribution in [3.05, 3.63) is 100 Å². The van der Waals surface area contributed by atoms with Crippen molar-refractivity contribution >= 4 is 39.2 Å². The van der Waals surface area contributed by atoms with Crippen LogP contribution in [0.3, 0.4) is 0 Å². The smallest absolute Gasteiger partial charge is 0.283 e. The van der Waals surface area contributed by atoms with Gasteiger partial charge >= 0.3 is 0 Å². The number of rotatable bonds is 11. The molecule has 0 saturated heterocycles. The number of fused-ring (bicyclic) bond motifs is 3. The van der Waals surface area contributed by atoms with Crippen molar-refractivity contribution in [3.8, 4) is 16.9 Å². The van der Waals surface area contributed by atoms with Gasteiger partial charge in [0, 0.05) is 46.6 Å². The van der Waals surface area contributed by atoms with Crippen LogP contribution in [-0.4, -0.2) is 53.6 Å². The summed E-state index contributed by atoms with van der Waals surface area (Å²) in [5.74, 6) is 0.212. The lowest BCUT2D eigenvalue weighted by atomic mass is 9.92. The Morgan fingerprint density at radius 3 is 2.76 bits per heavy atom. The predicted octanol–water partition coefficient (Wildman–Crippen LogP) is 5.44. The molecular formula is C33H33ClN4O6S. The van der Waals surface area contributed by atoms with E-state index in [-0.39, 0.29) is 11.5 Å². The minimum absolute atomic E-state index is 0.0846. The van der Waals surface area contributed by atoms with Crippen LogP contribution in [0.2, 0.25) is 5.02 Å². The Hall–Kier alpha value is -4.19. The molecule has 2 atom stereocenters. The van der Waals surface area contributed by atoms with Crippen molar-refractivity contribution in [1.82, 2.24) is 15.1 Å². The van der Waals surface area contributed by atoms with Crippen LogP contribution in [0.4, 0.5) is 5.69 Å². The quantitative estimate of drug-likeness (QED) is 0.163. The van der Waals surface area contributed by atoms with Gasteiger partial charge in [-0.3, -0.25) is 18.8 Å². The fourth-order valence-corrected chi connectivity index (χ4v) is 6.41. The summed E-state index contributed by atoms with van der Waals surface area (Å²) in [5.41, 5.74) is 6.11. The zero-order chi connectivity index (χ0) is 31.7. The maximum Gasteiger partial charge on any atom is 0.283 e. The third kappa shape index (κ3) is 7.06. The lowest BCUT2D eigenvalue weighted by Gasteiger charge is -2.30. The van der Waals surface area contributed by atoms with Crippen molar-refractivity contribution in [2.24, 2.45) is 5.92 Å². The number of hydrogen-bond acceptors (Lipinski definition) is 6. The first-order chi connectivity index (χ1) is 21.6. The molecule has 234 valence electrons. The third-order valence-corrected chi connectivity index (χ3v) is 9.21. The molecule has 2 heterocycles. The van der Waals surface area contributed by atoms with Crippen LogP contribution in [0.5, 0.6) is 5.75 Å². The van der Waals surface area contributed by atoms with Gasteiger partial charge < -0.3 is 15.0 Å². The number of halogens is 1. The van der Waals surface area contributed by atoms with Gasteiger partial charge in [0.1, 0.15) is 11.6 Å². The largest absolute Gasteiger partial charge is 0.493 e. The lowest BCUT2D eigenvalue weighted by molar-refractivity contribution is -0.119. The van der Waals surface area contributed by atoms with E-state index in [4.69, 9.17) is 20.9 Å². The molecule has 2 N–H and O–H groups in total. The van der Waals surface area contributed by atoms with E-state index in [1.165, 1.54) is 5.56 Å². The fraction of sp³-hybridized carbons (Fsp3) is 0.303. The van der Waals surface area contributed by atoms with E-state index in [2.05, 4.69) is 16.5 Å². The number of amides is 2. The summed E-state index contributed by atoms with van der Waals surface area (Å²) in [6.45, 7) is 3.46. The lowest BCUT2D eigenvalue weighted by Crippen LogP contribution is -2.36. The van der Waals surface area contributed by atoms with Crippen LogP contribution in [0.1, 0.15) is 52.2 Å². The molecule has 2 aliphatic rings. The first-order valence-corrected chi connectivity index (χ1v) is 16.7. The highest BCUT2D eigenvalue weighted by Crippen LogP contribution is 2.57. The van der Waals surface area contributed by atoms with Crippen LogP contribution in [0.15, 0.2) is 73.1 Å². The van der Waals surface area contributed by atoms with Gasteiger partial charge in [-0.15, -0.1) is 0 Å². The fourth-order valence-electron chi connectivity index (χ4n) is 5.93. The van der Waals surface area contributed by atoms with Crippen LogP contribution in [-0.2, 0) is 21.5 Å². The van der Waals surface area contributed by atoms with Crippen molar-refractivity contribution in [1.29, 1.82) is 0 Å². The number of anilines is 1. The Morgan fingerprint density at radius 2 is 1.93 bits per heavy atom. The summed E-state index contributed by atoms with van der Waals surface area (Å²) in [6.07, 6.45) is 5.79. The maximum atomic E-state index is 13.4. The van der Waals surface area contributed by atoms with E-state index >= 15 is 0 Å². The molecule has 6 rings (SSSR count). The molecule has 1 aliphatic carbocycles. The van der Waals surface area contributed by atoms with Crippen LogP contribution < -0.4 is 15.0 Å². The van der Waals surface area contributed by atoms with Gasteiger partial charge in [-0.1, -0.05) is 41.9 Å². The second-order valence-electron chi connectivity index (χ2n) is 11.5. The number of carbonyl (C=O) groups is 2. The average molecular weight is 649 g/mol. The van der Waals surface area contributed by atoms with Crippen LogP contribution in [0.25, 0.3) is 11.1 Å². The second-order valence-corrected chi connectivity index (χ2v) is 13.4. The van der Waals surface area contributed by atoms with Gasteiger partial charge in [0.05, 0.1) is 19.3 Å². The molecular weight excluding hydrogens is 616 g/mol. The molecule has 2 amide bonds. The number of nitrogens with one attached hydrogen (secondary N) is 1. The van der Waals surface area contributed by atoms with Crippen LogP contribution >= 0.6 is 11.6 Å². The van der Waals surface area contributed by atoms with E-state index in [0.717, 1.165) is 46.7 Å². The van der Waals surface area contributed by atoms with E-state index in [1.807, 2.05) is 60.6 Å². The molecule has 0 bridgehead atoms. The molecule has 0 spiro atoms. The molecule has 45 heavy (non-hydrogen) atoms. The molecule has 1 fully saturated rings. The van der Waals surface area contributed by atoms with Crippen molar-refractivity contribution in [2.45, 2.75) is 38.6 Å². The van der Waals surface area contributed by atoms with Gasteiger partial charge in [-0.05, 0) is 78.6 Å². The first-order valence-electron chi connectivity index (χ1n) is 14.7.